The largest absolute Gasteiger partial charge is 0.302 e. The molecule has 1 aliphatic rings. The Kier molecular flexibility index (Phi) is 4.10. The fourth-order valence-electron chi connectivity index (χ4n) is 2.25. The van der Waals surface area contributed by atoms with Crippen LogP contribution >= 0.6 is 0 Å². The lowest BCUT2D eigenvalue weighted by molar-refractivity contribution is -0.117. The number of carbonyl (C=O) groups excluding carboxylic acids is 1. The molecule has 0 saturated heterocycles. The molecule has 2 nitrogen and oxygen atoms in total. The van der Waals surface area contributed by atoms with Crippen LogP contribution in [0.4, 0.5) is 0 Å². The molecule has 0 atom stereocenters. The predicted octanol–water partition coefficient (Wildman–Crippen LogP) is 2.45. The summed E-state index contributed by atoms with van der Waals surface area (Å²) in [6, 6.07) is 9.97. The Bertz CT molecular complexity index is 408. The van der Waals surface area contributed by atoms with Gasteiger partial charge in [0.25, 0.3) is 0 Å². The number of hydrogen-bond acceptors (Lipinski definition) is 2. The van der Waals surface area contributed by atoms with Gasteiger partial charge >= 0.3 is 0 Å². The molecule has 1 aromatic rings. The van der Waals surface area contributed by atoms with E-state index < -0.39 is 0 Å². The highest BCUT2D eigenvalue weighted by Gasteiger charge is 2.12. The van der Waals surface area contributed by atoms with Gasteiger partial charge in [-0.3, -0.25) is 4.79 Å². The fraction of sp³-hybridized carbons (Fsp3) is 0.400. The van der Waals surface area contributed by atoms with Gasteiger partial charge in [-0.15, -0.1) is 0 Å². The first-order valence-corrected chi connectivity index (χ1v) is 6.16. The summed E-state index contributed by atoms with van der Waals surface area (Å²) in [7, 11) is 2.11. The lowest BCUT2D eigenvalue weighted by Crippen LogP contribution is -2.26. The van der Waals surface area contributed by atoms with E-state index in [0.717, 1.165) is 25.1 Å². The van der Waals surface area contributed by atoms with Crippen molar-refractivity contribution in [3.63, 3.8) is 0 Å². The maximum absolute atomic E-state index is 11.9. The van der Waals surface area contributed by atoms with Crippen LogP contribution in [0.5, 0.6) is 0 Å². The van der Waals surface area contributed by atoms with Gasteiger partial charge in [0.2, 0.25) is 0 Å². The van der Waals surface area contributed by atoms with Crippen molar-refractivity contribution < 1.29 is 4.79 Å². The zero-order chi connectivity index (χ0) is 12.1. The molecule has 1 heterocycles. The molecule has 0 aliphatic carbocycles. The first-order chi connectivity index (χ1) is 8.24. The Balaban J connectivity index is 1.87. The summed E-state index contributed by atoms with van der Waals surface area (Å²) in [4.78, 5) is 14.2. The first-order valence-electron chi connectivity index (χ1n) is 6.16. The van der Waals surface area contributed by atoms with E-state index in [1.807, 2.05) is 30.3 Å². The van der Waals surface area contributed by atoms with E-state index in [4.69, 9.17) is 0 Å². The maximum atomic E-state index is 11.9. The van der Waals surface area contributed by atoms with Crippen LogP contribution in [0.3, 0.4) is 0 Å². The van der Waals surface area contributed by atoms with Crippen molar-refractivity contribution in [3.8, 4) is 0 Å². The monoisotopic (exact) mass is 229 g/mol. The van der Waals surface area contributed by atoms with Crippen molar-refractivity contribution in [2.24, 2.45) is 0 Å². The number of nitrogens with zero attached hydrogens (tertiary/aromatic N) is 1. The van der Waals surface area contributed by atoms with Gasteiger partial charge < -0.3 is 4.90 Å². The van der Waals surface area contributed by atoms with Gasteiger partial charge in [-0.2, -0.15) is 0 Å². The zero-order valence-corrected chi connectivity index (χ0v) is 10.4. The van der Waals surface area contributed by atoms with Gasteiger partial charge in [-0.1, -0.05) is 42.0 Å². The molecule has 0 unspecified atom stereocenters. The second-order valence-electron chi connectivity index (χ2n) is 4.77. The van der Waals surface area contributed by atoms with Crippen molar-refractivity contribution in [2.45, 2.75) is 19.3 Å². The minimum Gasteiger partial charge on any atom is -0.302 e. The highest BCUT2D eigenvalue weighted by molar-refractivity contribution is 5.83. The molecule has 0 aromatic heterocycles. The van der Waals surface area contributed by atoms with Gasteiger partial charge in [0, 0.05) is 25.9 Å². The van der Waals surface area contributed by atoms with Crippen molar-refractivity contribution in [1.29, 1.82) is 0 Å². The van der Waals surface area contributed by atoms with Crippen molar-refractivity contribution in [2.75, 3.05) is 20.1 Å². The molecular weight excluding hydrogens is 210 g/mol. The Morgan fingerprint density at radius 1 is 1.24 bits per heavy atom. The highest BCUT2D eigenvalue weighted by Crippen LogP contribution is 2.13. The minimum atomic E-state index is 0.317. The maximum Gasteiger partial charge on any atom is 0.141 e. The van der Waals surface area contributed by atoms with Crippen LogP contribution in [-0.4, -0.2) is 30.8 Å². The average molecular weight is 229 g/mol. The summed E-state index contributed by atoms with van der Waals surface area (Å²) in [5.74, 6) is 0.317. The standard InChI is InChI=1S/C15H19NO/c1-16-9-5-8-14(12-16)11-15(17)10-13-6-3-2-4-7-13/h2-4,6-8H,5,9-12H2,1H3. The third kappa shape index (κ3) is 3.82. The van der Waals surface area contributed by atoms with Crippen molar-refractivity contribution in [3.05, 3.63) is 47.5 Å². The number of Topliss-reactive ketones (excluding diaryl/α,β-unsaturated/α-hetero) is 1. The van der Waals surface area contributed by atoms with Crippen LogP contribution in [0.2, 0.25) is 0 Å². The summed E-state index contributed by atoms with van der Waals surface area (Å²) >= 11 is 0. The Morgan fingerprint density at radius 3 is 2.71 bits per heavy atom. The van der Waals surface area contributed by atoms with Crippen LogP contribution in [0.25, 0.3) is 0 Å². The molecule has 0 saturated carbocycles. The molecule has 0 fully saturated rings. The third-order valence-electron chi connectivity index (χ3n) is 3.09. The van der Waals surface area contributed by atoms with Gasteiger partial charge in [-0.25, -0.2) is 0 Å². The molecule has 0 N–H and O–H groups in total. The van der Waals surface area contributed by atoms with E-state index >= 15 is 0 Å². The number of hydrogen-bond donors (Lipinski definition) is 0. The summed E-state index contributed by atoms with van der Waals surface area (Å²) in [6.45, 7) is 2.05. The number of ketones is 1. The molecule has 0 spiro atoms. The average Bonchev–Trinajstić information content (AvgIpc) is 2.30. The van der Waals surface area contributed by atoms with Gasteiger partial charge in [0.05, 0.1) is 0 Å². The number of benzene rings is 1. The summed E-state index contributed by atoms with van der Waals surface area (Å²) < 4.78 is 0. The lowest BCUT2D eigenvalue weighted by atomic mass is 10.0. The number of rotatable bonds is 4. The van der Waals surface area contributed by atoms with E-state index in [1.54, 1.807) is 0 Å². The molecule has 1 aliphatic heterocycles. The lowest BCUT2D eigenvalue weighted by Gasteiger charge is -2.22. The number of carbonyl (C=O) groups is 1. The molecule has 0 amide bonds. The SMILES string of the molecule is CN1CCC=C(CC(=O)Cc2ccccc2)C1. The van der Waals surface area contributed by atoms with E-state index in [1.165, 1.54) is 5.57 Å². The Hall–Kier alpha value is -1.41. The van der Waals surface area contributed by atoms with Crippen LogP contribution in [0, 0.1) is 0 Å². The van der Waals surface area contributed by atoms with E-state index in [2.05, 4.69) is 18.0 Å². The Morgan fingerprint density at radius 2 is 2.00 bits per heavy atom. The van der Waals surface area contributed by atoms with Gasteiger partial charge in [0.1, 0.15) is 5.78 Å². The highest BCUT2D eigenvalue weighted by atomic mass is 16.1. The van der Waals surface area contributed by atoms with Crippen molar-refractivity contribution in [1.82, 2.24) is 4.90 Å². The predicted molar refractivity (Wildman–Crippen MR) is 70.0 cm³/mol. The van der Waals surface area contributed by atoms with Gasteiger partial charge in [0.15, 0.2) is 0 Å². The molecule has 0 bridgehead atoms. The van der Waals surface area contributed by atoms with Crippen LogP contribution in [0.1, 0.15) is 18.4 Å². The summed E-state index contributed by atoms with van der Waals surface area (Å²) in [5, 5.41) is 0. The Labute approximate surface area is 103 Å². The van der Waals surface area contributed by atoms with Gasteiger partial charge in [-0.05, 0) is 19.0 Å². The van der Waals surface area contributed by atoms with Crippen LogP contribution in [-0.2, 0) is 11.2 Å². The van der Waals surface area contributed by atoms with Crippen LogP contribution in [0.15, 0.2) is 42.0 Å². The molecule has 2 rings (SSSR count). The first kappa shape index (κ1) is 12.1. The quantitative estimate of drug-likeness (QED) is 0.739. The second kappa shape index (κ2) is 5.78. The molecule has 1 aromatic carbocycles. The summed E-state index contributed by atoms with van der Waals surface area (Å²) in [5.41, 5.74) is 2.39. The normalized spacial score (nSPS) is 16.6. The number of likely N-dealkylation sites (N-methyl/N-ethyl adjacent to an activating group) is 1. The smallest absolute Gasteiger partial charge is 0.141 e. The van der Waals surface area contributed by atoms with Crippen LogP contribution < -0.4 is 0 Å². The van der Waals surface area contributed by atoms with E-state index in [-0.39, 0.29) is 0 Å². The molecule has 17 heavy (non-hydrogen) atoms. The third-order valence-corrected chi connectivity index (χ3v) is 3.09. The molecular formula is C15H19NO. The van der Waals surface area contributed by atoms with Crippen molar-refractivity contribution >= 4 is 5.78 Å². The summed E-state index contributed by atoms with van der Waals surface area (Å²) in [6.07, 6.45) is 4.47. The molecule has 2 heteroatoms. The molecule has 90 valence electrons. The van der Waals surface area contributed by atoms with E-state index in [9.17, 15) is 4.79 Å². The minimum absolute atomic E-state index is 0.317. The topological polar surface area (TPSA) is 20.3 Å². The van der Waals surface area contributed by atoms with E-state index in [0.29, 0.717) is 18.6 Å². The second-order valence-corrected chi connectivity index (χ2v) is 4.77. The molecule has 0 radical (unpaired) electrons. The zero-order valence-electron chi connectivity index (χ0n) is 10.4. The fourth-order valence-corrected chi connectivity index (χ4v) is 2.25.